The number of carbonyl (C=O) groups is 3. The minimum absolute atomic E-state index is 0.107. The van der Waals surface area contributed by atoms with Crippen LogP contribution in [0.2, 0.25) is 5.02 Å². The van der Waals surface area contributed by atoms with Crippen LogP contribution < -0.4 is 16.0 Å². The summed E-state index contributed by atoms with van der Waals surface area (Å²) in [6.45, 7) is 4.98. The van der Waals surface area contributed by atoms with Gasteiger partial charge in [-0.1, -0.05) is 24.1 Å². The number of benzene rings is 1. The van der Waals surface area contributed by atoms with Crippen LogP contribution in [0.4, 0.5) is 5.69 Å². The van der Waals surface area contributed by atoms with E-state index in [0.29, 0.717) is 18.5 Å². The lowest BCUT2D eigenvalue weighted by molar-refractivity contribution is -0.136. The van der Waals surface area contributed by atoms with Crippen LogP contribution in [0.5, 0.6) is 0 Å². The Bertz CT molecular complexity index is 1050. The van der Waals surface area contributed by atoms with Gasteiger partial charge < -0.3 is 15.5 Å². The number of nitrogens with one attached hydrogen (secondary N) is 3. The fraction of sp³-hybridized carbons (Fsp3) is 0.458. The summed E-state index contributed by atoms with van der Waals surface area (Å²) in [5.74, 6) is -0.741. The van der Waals surface area contributed by atoms with E-state index < -0.39 is 6.04 Å². The van der Waals surface area contributed by atoms with Crippen LogP contribution in [0, 0.1) is 6.92 Å². The predicted molar refractivity (Wildman–Crippen MR) is 131 cm³/mol. The quantitative estimate of drug-likeness (QED) is 0.349. The molecule has 2 aromatic rings. The van der Waals surface area contributed by atoms with Crippen molar-refractivity contribution in [1.82, 2.24) is 15.5 Å². The number of anilines is 1. The summed E-state index contributed by atoms with van der Waals surface area (Å²) in [5, 5.41) is 11.9. The SMILES string of the molecule is Cc1ccc(NCCCCCNCc2scc3c2CN(C2CCC(=O)NC2=O)C3=O)cc1Cl. The summed E-state index contributed by atoms with van der Waals surface area (Å²) in [6.07, 6.45) is 3.94. The van der Waals surface area contributed by atoms with Crippen LogP contribution in [-0.4, -0.2) is 41.8 Å². The topological polar surface area (TPSA) is 90.5 Å². The molecule has 0 saturated carbocycles. The van der Waals surface area contributed by atoms with Gasteiger partial charge in [0.15, 0.2) is 0 Å². The number of imide groups is 1. The zero-order valence-electron chi connectivity index (χ0n) is 18.7. The molecule has 1 unspecified atom stereocenters. The Hall–Kier alpha value is -2.42. The Morgan fingerprint density at radius 2 is 2.00 bits per heavy atom. The molecule has 7 nitrogen and oxygen atoms in total. The molecule has 0 aliphatic carbocycles. The lowest BCUT2D eigenvalue weighted by Crippen LogP contribution is -2.52. The molecular formula is C24H29ClN4O3S. The number of fused-ring (bicyclic) bond motifs is 1. The van der Waals surface area contributed by atoms with Crippen molar-refractivity contribution in [1.29, 1.82) is 0 Å². The molecule has 176 valence electrons. The van der Waals surface area contributed by atoms with Crippen molar-refractivity contribution in [2.75, 3.05) is 18.4 Å². The van der Waals surface area contributed by atoms with Crippen LogP contribution in [0.15, 0.2) is 23.6 Å². The molecule has 33 heavy (non-hydrogen) atoms. The monoisotopic (exact) mass is 488 g/mol. The third-order valence-electron chi connectivity index (χ3n) is 6.20. The first-order valence-electron chi connectivity index (χ1n) is 11.4. The van der Waals surface area contributed by atoms with E-state index in [1.54, 1.807) is 16.2 Å². The molecule has 9 heteroatoms. The molecule has 1 fully saturated rings. The number of rotatable bonds is 10. The predicted octanol–water partition coefficient (Wildman–Crippen LogP) is 3.84. The van der Waals surface area contributed by atoms with Gasteiger partial charge in [-0.2, -0.15) is 0 Å². The van der Waals surface area contributed by atoms with E-state index in [-0.39, 0.29) is 24.1 Å². The van der Waals surface area contributed by atoms with Crippen molar-refractivity contribution in [3.05, 3.63) is 50.2 Å². The summed E-state index contributed by atoms with van der Waals surface area (Å²) in [6, 6.07) is 5.48. The molecule has 0 bridgehead atoms. The Morgan fingerprint density at radius 1 is 1.18 bits per heavy atom. The largest absolute Gasteiger partial charge is 0.385 e. The van der Waals surface area contributed by atoms with E-state index >= 15 is 0 Å². The number of aryl methyl sites for hydroxylation is 1. The van der Waals surface area contributed by atoms with Gasteiger partial charge in [-0.3, -0.25) is 19.7 Å². The smallest absolute Gasteiger partial charge is 0.256 e. The summed E-state index contributed by atoms with van der Waals surface area (Å²) >= 11 is 7.75. The third-order valence-corrected chi connectivity index (χ3v) is 7.64. The van der Waals surface area contributed by atoms with Crippen molar-refractivity contribution < 1.29 is 14.4 Å². The van der Waals surface area contributed by atoms with E-state index in [1.807, 2.05) is 30.5 Å². The average Bonchev–Trinajstić information content (AvgIpc) is 3.33. The van der Waals surface area contributed by atoms with Gasteiger partial charge >= 0.3 is 0 Å². The number of unbranched alkanes of at least 4 members (excludes halogenated alkanes) is 2. The number of piperidine rings is 1. The van der Waals surface area contributed by atoms with Gasteiger partial charge in [0, 0.05) is 47.0 Å². The maximum atomic E-state index is 12.8. The third kappa shape index (κ3) is 5.57. The van der Waals surface area contributed by atoms with Crippen LogP contribution in [-0.2, 0) is 22.7 Å². The lowest BCUT2D eigenvalue weighted by atomic mass is 10.0. The number of hydrogen-bond donors (Lipinski definition) is 3. The van der Waals surface area contributed by atoms with Gasteiger partial charge in [0.05, 0.1) is 5.56 Å². The minimum atomic E-state index is -0.557. The maximum absolute atomic E-state index is 12.8. The van der Waals surface area contributed by atoms with Gasteiger partial charge in [-0.15, -0.1) is 11.3 Å². The second kappa shape index (κ2) is 10.7. The number of thiophene rings is 1. The molecule has 1 aromatic carbocycles. The lowest BCUT2D eigenvalue weighted by Gasteiger charge is -2.29. The van der Waals surface area contributed by atoms with E-state index in [0.717, 1.165) is 65.6 Å². The van der Waals surface area contributed by atoms with E-state index in [4.69, 9.17) is 11.6 Å². The molecule has 1 atom stereocenters. The Labute approximate surface area is 202 Å². The Balaban J connectivity index is 1.16. The first-order chi connectivity index (χ1) is 15.9. The zero-order valence-corrected chi connectivity index (χ0v) is 20.3. The molecule has 2 aliphatic heterocycles. The standard InChI is InChI=1S/C24H29ClN4O3S/c1-15-5-6-16(11-19(15)25)27-10-4-2-3-9-26-12-21-17-13-29(24(32)18(17)14-33-21)20-7-8-22(30)28-23(20)31/h5-6,11,14,20,26-27H,2-4,7-10,12-13H2,1H3,(H,28,30,31). The minimum Gasteiger partial charge on any atom is -0.385 e. The highest BCUT2D eigenvalue weighted by Crippen LogP contribution is 2.33. The highest BCUT2D eigenvalue weighted by molar-refractivity contribution is 7.10. The summed E-state index contributed by atoms with van der Waals surface area (Å²) in [5.41, 5.74) is 3.85. The highest BCUT2D eigenvalue weighted by Gasteiger charge is 2.40. The fourth-order valence-electron chi connectivity index (χ4n) is 4.24. The number of amides is 3. The molecule has 2 aliphatic rings. The van der Waals surface area contributed by atoms with Crippen LogP contribution in [0.1, 0.15) is 58.5 Å². The second-order valence-corrected chi connectivity index (χ2v) is 9.95. The van der Waals surface area contributed by atoms with E-state index in [9.17, 15) is 14.4 Å². The van der Waals surface area contributed by atoms with Crippen LogP contribution >= 0.6 is 22.9 Å². The van der Waals surface area contributed by atoms with Crippen LogP contribution in [0.3, 0.4) is 0 Å². The Morgan fingerprint density at radius 3 is 2.79 bits per heavy atom. The molecule has 0 spiro atoms. The number of nitrogens with zero attached hydrogens (tertiary/aromatic N) is 1. The van der Waals surface area contributed by atoms with Crippen molar-refractivity contribution in [2.45, 2.75) is 58.2 Å². The molecule has 3 N–H and O–H groups in total. The van der Waals surface area contributed by atoms with Crippen molar-refractivity contribution in [3.8, 4) is 0 Å². The first-order valence-corrected chi connectivity index (χ1v) is 12.6. The van der Waals surface area contributed by atoms with E-state index in [2.05, 4.69) is 16.0 Å². The zero-order chi connectivity index (χ0) is 23.4. The first kappa shape index (κ1) is 23.7. The Kier molecular flexibility index (Phi) is 7.67. The van der Waals surface area contributed by atoms with Gasteiger partial charge in [0.25, 0.3) is 5.91 Å². The molecule has 1 saturated heterocycles. The second-order valence-electron chi connectivity index (χ2n) is 8.58. The molecule has 1 aromatic heterocycles. The van der Waals surface area contributed by atoms with E-state index in [1.165, 1.54) is 0 Å². The van der Waals surface area contributed by atoms with Gasteiger partial charge in [-0.05, 0) is 56.0 Å². The summed E-state index contributed by atoms with van der Waals surface area (Å²) < 4.78 is 0. The average molecular weight is 489 g/mol. The fourth-order valence-corrected chi connectivity index (χ4v) is 5.43. The molecule has 3 heterocycles. The number of halogens is 1. The van der Waals surface area contributed by atoms with Crippen molar-refractivity contribution in [2.24, 2.45) is 0 Å². The van der Waals surface area contributed by atoms with Crippen molar-refractivity contribution in [3.63, 3.8) is 0 Å². The molecule has 4 rings (SSSR count). The normalized spacial score (nSPS) is 17.9. The van der Waals surface area contributed by atoms with Gasteiger partial charge in [0.1, 0.15) is 6.04 Å². The summed E-state index contributed by atoms with van der Waals surface area (Å²) in [4.78, 5) is 39.1. The van der Waals surface area contributed by atoms with Gasteiger partial charge in [-0.25, -0.2) is 0 Å². The number of carbonyl (C=O) groups excluding carboxylic acids is 3. The van der Waals surface area contributed by atoms with Crippen molar-refractivity contribution >= 4 is 46.3 Å². The van der Waals surface area contributed by atoms with Crippen LogP contribution in [0.25, 0.3) is 0 Å². The highest BCUT2D eigenvalue weighted by atomic mass is 35.5. The summed E-state index contributed by atoms with van der Waals surface area (Å²) in [7, 11) is 0. The number of hydrogen-bond acceptors (Lipinski definition) is 6. The molecule has 3 amide bonds. The van der Waals surface area contributed by atoms with Gasteiger partial charge in [0.2, 0.25) is 11.8 Å². The molecular weight excluding hydrogens is 460 g/mol. The maximum Gasteiger partial charge on any atom is 0.256 e. The molecule has 0 radical (unpaired) electrons.